The molecule has 0 spiro atoms. The van der Waals surface area contributed by atoms with Gasteiger partial charge in [0, 0.05) is 17.8 Å². The van der Waals surface area contributed by atoms with Crippen molar-refractivity contribution in [3.05, 3.63) is 64.2 Å². The fourth-order valence-corrected chi connectivity index (χ4v) is 2.12. The van der Waals surface area contributed by atoms with Gasteiger partial charge in [-0.2, -0.15) is 0 Å². The lowest BCUT2D eigenvalue weighted by atomic mass is 10.2. The molecule has 2 aromatic rings. The maximum Gasteiger partial charge on any atom is 0.271 e. The molecule has 0 aliphatic carbocycles. The minimum Gasteiger partial charge on any atom is -0.483 e. The molecule has 2 aromatic carbocycles. The third kappa shape index (κ3) is 5.03. The number of anilines is 1. The van der Waals surface area contributed by atoms with E-state index in [1.807, 2.05) is 25.1 Å². The Morgan fingerprint density at radius 2 is 2.00 bits per heavy atom. The first kappa shape index (κ1) is 17.4. The topological polar surface area (TPSA) is 93.5 Å². The second-order valence-electron chi connectivity index (χ2n) is 4.86. The summed E-state index contributed by atoms with van der Waals surface area (Å²) in [5, 5.41) is 15.9. The van der Waals surface area contributed by atoms with Crippen LogP contribution in [0, 0.1) is 17.0 Å². The molecule has 0 heterocycles. The molecule has 8 heteroatoms. The molecule has 0 unspecified atom stereocenters. The van der Waals surface area contributed by atoms with E-state index in [-0.39, 0.29) is 17.4 Å². The van der Waals surface area contributed by atoms with E-state index >= 15 is 0 Å². The summed E-state index contributed by atoms with van der Waals surface area (Å²) in [6.07, 6.45) is 0. The summed E-state index contributed by atoms with van der Waals surface area (Å²) in [7, 11) is 0. The van der Waals surface area contributed by atoms with Crippen molar-refractivity contribution in [3.63, 3.8) is 0 Å². The number of hydrogen-bond donors (Lipinski definition) is 2. The maximum atomic E-state index is 11.8. The van der Waals surface area contributed by atoms with E-state index in [9.17, 15) is 14.9 Å². The summed E-state index contributed by atoms with van der Waals surface area (Å²) >= 11 is 5.01. The lowest BCUT2D eigenvalue weighted by Crippen LogP contribution is -2.37. The van der Waals surface area contributed by atoms with Gasteiger partial charge in [-0.3, -0.25) is 20.2 Å². The number of carbonyl (C=O) groups is 1. The van der Waals surface area contributed by atoms with E-state index in [0.29, 0.717) is 11.4 Å². The highest BCUT2D eigenvalue weighted by Crippen LogP contribution is 2.17. The number of nitro groups is 1. The highest BCUT2D eigenvalue weighted by Gasteiger charge is 2.09. The number of nitro benzene ring substituents is 1. The summed E-state index contributed by atoms with van der Waals surface area (Å²) in [5.74, 6) is 0.186. The third-order valence-corrected chi connectivity index (χ3v) is 3.22. The van der Waals surface area contributed by atoms with Crippen LogP contribution in [0.15, 0.2) is 48.5 Å². The number of rotatable bonds is 5. The number of aryl methyl sites for hydroxylation is 1. The Morgan fingerprint density at radius 1 is 1.25 bits per heavy atom. The third-order valence-electron chi connectivity index (χ3n) is 3.02. The molecule has 124 valence electrons. The summed E-state index contributed by atoms with van der Waals surface area (Å²) < 4.78 is 5.41. The zero-order valence-electron chi connectivity index (χ0n) is 12.8. The molecule has 7 nitrogen and oxygen atoms in total. The minimum absolute atomic E-state index is 0.0360. The maximum absolute atomic E-state index is 11.8. The first-order chi connectivity index (χ1) is 11.5. The molecule has 0 bridgehead atoms. The van der Waals surface area contributed by atoms with E-state index < -0.39 is 10.8 Å². The molecule has 24 heavy (non-hydrogen) atoms. The van der Waals surface area contributed by atoms with Gasteiger partial charge in [-0.05, 0) is 36.8 Å². The number of benzene rings is 2. The number of amides is 1. The number of hydrogen-bond acceptors (Lipinski definition) is 5. The van der Waals surface area contributed by atoms with Gasteiger partial charge in [0.15, 0.2) is 11.7 Å². The monoisotopic (exact) mass is 345 g/mol. The van der Waals surface area contributed by atoms with Gasteiger partial charge in [0.05, 0.1) is 4.92 Å². The van der Waals surface area contributed by atoms with Crippen LogP contribution in [0.25, 0.3) is 0 Å². The second-order valence-corrected chi connectivity index (χ2v) is 5.27. The standard InChI is InChI=1S/C16H15N3O4S/c1-11-5-2-3-8-14(11)23-10-15(20)18-16(24)17-12-6-4-7-13(9-12)19(21)22/h2-9H,10H2,1H3,(H2,17,18,20,24). The number of thiocarbonyl (C=S) groups is 1. The fourth-order valence-electron chi connectivity index (χ4n) is 1.88. The van der Waals surface area contributed by atoms with Gasteiger partial charge in [-0.15, -0.1) is 0 Å². The molecule has 1 amide bonds. The normalized spacial score (nSPS) is 9.88. The number of para-hydroxylation sites is 1. The van der Waals surface area contributed by atoms with Crippen LogP contribution in [-0.2, 0) is 4.79 Å². The fraction of sp³-hybridized carbons (Fsp3) is 0.125. The van der Waals surface area contributed by atoms with Crippen molar-refractivity contribution >= 4 is 34.6 Å². The van der Waals surface area contributed by atoms with Gasteiger partial charge in [0.1, 0.15) is 5.75 Å². The molecule has 0 saturated carbocycles. The average Bonchev–Trinajstić information content (AvgIpc) is 2.54. The molecular weight excluding hydrogens is 330 g/mol. The summed E-state index contributed by atoms with van der Waals surface area (Å²) in [4.78, 5) is 22.0. The summed E-state index contributed by atoms with van der Waals surface area (Å²) in [6, 6.07) is 13.1. The number of carbonyl (C=O) groups excluding carboxylic acids is 1. The molecule has 2 N–H and O–H groups in total. The average molecular weight is 345 g/mol. The van der Waals surface area contributed by atoms with Gasteiger partial charge in [0.25, 0.3) is 11.6 Å². The van der Waals surface area contributed by atoms with Gasteiger partial charge in [-0.1, -0.05) is 24.3 Å². The summed E-state index contributed by atoms with van der Waals surface area (Å²) in [6.45, 7) is 1.68. The zero-order chi connectivity index (χ0) is 17.5. The molecule has 0 aliphatic rings. The van der Waals surface area contributed by atoms with Crippen LogP contribution in [-0.4, -0.2) is 22.5 Å². The van der Waals surface area contributed by atoms with Crippen LogP contribution in [0.2, 0.25) is 0 Å². The van der Waals surface area contributed by atoms with Crippen molar-refractivity contribution in [2.24, 2.45) is 0 Å². The van der Waals surface area contributed by atoms with Gasteiger partial charge < -0.3 is 10.1 Å². The van der Waals surface area contributed by atoms with E-state index in [1.165, 1.54) is 18.2 Å². The Morgan fingerprint density at radius 3 is 2.71 bits per heavy atom. The number of ether oxygens (including phenoxy) is 1. The Hall–Kier alpha value is -3.00. The second kappa shape index (κ2) is 8.02. The largest absolute Gasteiger partial charge is 0.483 e. The van der Waals surface area contributed by atoms with Crippen molar-refractivity contribution in [2.75, 3.05) is 11.9 Å². The molecule has 0 fully saturated rings. The number of nitrogens with one attached hydrogen (secondary N) is 2. The number of nitrogens with zero attached hydrogens (tertiary/aromatic N) is 1. The van der Waals surface area contributed by atoms with Gasteiger partial charge >= 0.3 is 0 Å². The minimum atomic E-state index is -0.511. The Bertz CT molecular complexity index is 779. The van der Waals surface area contributed by atoms with Crippen LogP contribution in [0.3, 0.4) is 0 Å². The molecule has 0 saturated heterocycles. The lowest BCUT2D eigenvalue weighted by Gasteiger charge is -2.11. The van der Waals surface area contributed by atoms with Gasteiger partial charge in [0.2, 0.25) is 0 Å². The Kier molecular flexibility index (Phi) is 5.80. The first-order valence-electron chi connectivity index (χ1n) is 6.99. The van der Waals surface area contributed by atoms with Crippen molar-refractivity contribution in [1.82, 2.24) is 5.32 Å². The number of non-ortho nitro benzene ring substituents is 1. The lowest BCUT2D eigenvalue weighted by molar-refractivity contribution is -0.384. The molecule has 0 atom stereocenters. The predicted octanol–water partition coefficient (Wildman–Crippen LogP) is 2.80. The SMILES string of the molecule is Cc1ccccc1OCC(=O)NC(=S)Nc1cccc([N+](=O)[O-])c1. The van der Waals surface area contributed by atoms with Crippen LogP contribution < -0.4 is 15.4 Å². The molecule has 0 aromatic heterocycles. The zero-order valence-corrected chi connectivity index (χ0v) is 13.6. The van der Waals surface area contributed by atoms with Crippen molar-refractivity contribution in [2.45, 2.75) is 6.92 Å². The van der Waals surface area contributed by atoms with E-state index in [0.717, 1.165) is 5.56 Å². The Labute approximate surface area is 143 Å². The molecule has 0 radical (unpaired) electrons. The van der Waals surface area contributed by atoms with Crippen LogP contribution in [0.5, 0.6) is 5.75 Å². The predicted molar refractivity (Wildman–Crippen MR) is 94.1 cm³/mol. The highest BCUT2D eigenvalue weighted by molar-refractivity contribution is 7.80. The van der Waals surface area contributed by atoms with Crippen molar-refractivity contribution in [1.29, 1.82) is 0 Å². The first-order valence-corrected chi connectivity index (χ1v) is 7.40. The smallest absolute Gasteiger partial charge is 0.271 e. The van der Waals surface area contributed by atoms with E-state index in [2.05, 4.69) is 10.6 Å². The molecule has 2 rings (SSSR count). The van der Waals surface area contributed by atoms with Crippen molar-refractivity contribution < 1.29 is 14.5 Å². The van der Waals surface area contributed by atoms with Crippen LogP contribution in [0.4, 0.5) is 11.4 Å². The highest BCUT2D eigenvalue weighted by atomic mass is 32.1. The van der Waals surface area contributed by atoms with E-state index in [1.54, 1.807) is 12.1 Å². The van der Waals surface area contributed by atoms with Crippen molar-refractivity contribution in [3.8, 4) is 5.75 Å². The molecule has 0 aliphatic heterocycles. The van der Waals surface area contributed by atoms with Gasteiger partial charge in [-0.25, -0.2) is 0 Å². The van der Waals surface area contributed by atoms with Crippen LogP contribution >= 0.6 is 12.2 Å². The quantitative estimate of drug-likeness (QED) is 0.492. The van der Waals surface area contributed by atoms with E-state index in [4.69, 9.17) is 17.0 Å². The Balaban J connectivity index is 1.86. The van der Waals surface area contributed by atoms with Crippen LogP contribution in [0.1, 0.15) is 5.56 Å². The molecular formula is C16H15N3O4S. The summed E-state index contributed by atoms with van der Waals surface area (Å²) in [5.41, 5.74) is 1.26.